The minimum absolute atomic E-state index is 0.684. The Labute approximate surface area is 185 Å². The highest BCUT2D eigenvalue weighted by Gasteiger charge is 2.11. The molecule has 30 heavy (non-hydrogen) atoms. The van der Waals surface area contributed by atoms with Crippen molar-refractivity contribution in [2.24, 2.45) is 11.8 Å². The fourth-order valence-corrected chi connectivity index (χ4v) is 3.96. The van der Waals surface area contributed by atoms with E-state index in [9.17, 15) is 0 Å². The Morgan fingerprint density at radius 1 is 0.733 bits per heavy atom. The van der Waals surface area contributed by atoms with E-state index in [-0.39, 0.29) is 0 Å². The van der Waals surface area contributed by atoms with Gasteiger partial charge >= 0.3 is 0 Å². The molecule has 2 aromatic carbocycles. The second-order valence-corrected chi connectivity index (χ2v) is 9.25. The van der Waals surface area contributed by atoms with E-state index in [1.807, 2.05) is 0 Å². The largest absolute Gasteiger partial charge is 0.383 e. The average Bonchev–Trinajstić information content (AvgIpc) is 2.75. The highest BCUT2D eigenvalue weighted by atomic mass is 15.0. The SMILES string of the molecule is CCCCCCCC(C)CNc1c(NCCCC(C)C)cccc1-c1ccccc1. The Morgan fingerprint density at radius 2 is 1.50 bits per heavy atom. The number of anilines is 2. The average molecular weight is 409 g/mol. The lowest BCUT2D eigenvalue weighted by molar-refractivity contribution is 0.503. The zero-order chi connectivity index (χ0) is 21.6. The molecular formula is C28H44N2. The number of hydrogen-bond donors (Lipinski definition) is 2. The number of benzene rings is 2. The van der Waals surface area contributed by atoms with Crippen LogP contribution >= 0.6 is 0 Å². The highest BCUT2D eigenvalue weighted by Crippen LogP contribution is 2.34. The first-order valence-corrected chi connectivity index (χ1v) is 12.3. The van der Waals surface area contributed by atoms with Gasteiger partial charge < -0.3 is 10.6 Å². The van der Waals surface area contributed by atoms with Gasteiger partial charge in [-0.1, -0.05) is 102 Å². The number of nitrogens with one attached hydrogen (secondary N) is 2. The van der Waals surface area contributed by atoms with E-state index in [1.54, 1.807) is 0 Å². The minimum Gasteiger partial charge on any atom is -0.383 e. The van der Waals surface area contributed by atoms with Crippen molar-refractivity contribution in [2.45, 2.75) is 79.1 Å². The summed E-state index contributed by atoms with van der Waals surface area (Å²) in [5.41, 5.74) is 5.05. The molecule has 2 N–H and O–H groups in total. The molecule has 2 heteroatoms. The number of rotatable bonds is 15. The molecule has 0 aromatic heterocycles. The molecule has 166 valence electrons. The summed E-state index contributed by atoms with van der Waals surface area (Å²) >= 11 is 0. The minimum atomic E-state index is 0.684. The van der Waals surface area contributed by atoms with E-state index in [0.29, 0.717) is 5.92 Å². The van der Waals surface area contributed by atoms with Crippen LogP contribution in [0.5, 0.6) is 0 Å². The standard InChI is InChI=1S/C28H44N2/c1-5-6-7-8-10-16-24(4)22-30-28-26(25-17-11-9-12-18-25)19-13-20-27(28)29-21-14-15-23(2)3/h9,11-13,17-20,23-24,29-30H,5-8,10,14-16,21-22H2,1-4H3. The third kappa shape index (κ3) is 8.81. The fourth-order valence-electron chi connectivity index (χ4n) is 3.96. The van der Waals surface area contributed by atoms with Crippen LogP contribution < -0.4 is 10.6 Å². The van der Waals surface area contributed by atoms with Crippen LogP contribution in [-0.2, 0) is 0 Å². The second kappa shape index (κ2) is 14.1. The van der Waals surface area contributed by atoms with E-state index in [0.717, 1.165) is 19.0 Å². The molecule has 1 atom stereocenters. The van der Waals surface area contributed by atoms with Crippen molar-refractivity contribution >= 4 is 11.4 Å². The van der Waals surface area contributed by atoms with E-state index < -0.39 is 0 Å². The zero-order valence-corrected chi connectivity index (χ0v) is 19.8. The number of para-hydroxylation sites is 1. The third-order valence-electron chi connectivity index (χ3n) is 5.85. The van der Waals surface area contributed by atoms with Crippen molar-refractivity contribution in [3.8, 4) is 11.1 Å². The summed E-state index contributed by atoms with van der Waals surface area (Å²) < 4.78 is 0. The summed E-state index contributed by atoms with van der Waals surface area (Å²) in [6, 6.07) is 17.4. The molecule has 0 bridgehead atoms. The Hall–Kier alpha value is -1.96. The Balaban J connectivity index is 2.03. The van der Waals surface area contributed by atoms with Crippen LogP contribution in [-0.4, -0.2) is 13.1 Å². The van der Waals surface area contributed by atoms with E-state index in [4.69, 9.17) is 0 Å². The number of hydrogen-bond acceptors (Lipinski definition) is 2. The zero-order valence-electron chi connectivity index (χ0n) is 19.8. The first-order valence-electron chi connectivity index (χ1n) is 12.3. The molecule has 2 nitrogen and oxygen atoms in total. The first kappa shape index (κ1) is 24.3. The molecular weight excluding hydrogens is 364 g/mol. The van der Waals surface area contributed by atoms with Gasteiger partial charge in [-0.3, -0.25) is 0 Å². The van der Waals surface area contributed by atoms with Crippen LogP contribution in [0.1, 0.15) is 79.1 Å². The van der Waals surface area contributed by atoms with Crippen LogP contribution in [0.4, 0.5) is 11.4 Å². The molecule has 0 aliphatic carbocycles. The normalized spacial score (nSPS) is 12.2. The molecule has 2 rings (SSSR count). The van der Waals surface area contributed by atoms with Gasteiger partial charge in [0.2, 0.25) is 0 Å². The lowest BCUT2D eigenvalue weighted by atomic mass is 10.00. The van der Waals surface area contributed by atoms with Crippen molar-refractivity contribution in [2.75, 3.05) is 23.7 Å². The summed E-state index contributed by atoms with van der Waals surface area (Å²) in [7, 11) is 0. The van der Waals surface area contributed by atoms with E-state index >= 15 is 0 Å². The first-order chi connectivity index (χ1) is 14.6. The molecule has 0 spiro atoms. The molecule has 1 unspecified atom stereocenters. The maximum Gasteiger partial charge on any atom is 0.0655 e. The summed E-state index contributed by atoms with van der Waals surface area (Å²) in [4.78, 5) is 0. The molecule has 0 aliphatic heterocycles. The van der Waals surface area contributed by atoms with Gasteiger partial charge in [0.05, 0.1) is 11.4 Å². The van der Waals surface area contributed by atoms with Gasteiger partial charge in [-0.25, -0.2) is 0 Å². The van der Waals surface area contributed by atoms with Crippen molar-refractivity contribution < 1.29 is 0 Å². The van der Waals surface area contributed by atoms with Gasteiger partial charge in [0.1, 0.15) is 0 Å². The van der Waals surface area contributed by atoms with Gasteiger partial charge in [0, 0.05) is 18.7 Å². The van der Waals surface area contributed by atoms with E-state index in [1.165, 1.54) is 73.9 Å². The molecule has 0 saturated heterocycles. The van der Waals surface area contributed by atoms with Gasteiger partial charge in [0.25, 0.3) is 0 Å². The lowest BCUT2D eigenvalue weighted by Crippen LogP contribution is -2.14. The summed E-state index contributed by atoms with van der Waals surface area (Å²) in [6.45, 7) is 11.3. The molecule has 0 saturated carbocycles. The van der Waals surface area contributed by atoms with Crippen LogP contribution in [0.2, 0.25) is 0 Å². The molecule has 0 radical (unpaired) electrons. The summed E-state index contributed by atoms with van der Waals surface area (Å²) in [6.07, 6.45) is 10.6. The van der Waals surface area contributed by atoms with Crippen LogP contribution in [0.3, 0.4) is 0 Å². The van der Waals surface area contributed by atoms with Crippen LogP contribution in [0.25, 0.3) is 11.1 Å². The molecule has 0 amide bonds. The monoisotopic (exact) mass is 408 g/mol. The highest BCUT2D eigenvalue weighted by molar-refractivity contribution is 5.87. The lowest BCUT2D eigenvalue weighted by Gasteiger charge is -2.21. The maximum atomic E-state index is 3.82. The third-order valence-corrected chi connectivity index (χ3v) is 5.85. The quantitative estimate of drug-likeness (QED) is 0.288. The van der Waals surface area contributed by atoms with Crippen LogP contribution in [0.15, 0.2) is 48.5 Å². The van der Waals surface area contributed by atoms with Crippen LogP contribution in [0, 0.1) is 11.8 Å². The summed E-state index contributed by atoms with van der Waals surface area (Å²) in [5.74, 6) is 1.45. The van der Waals surface area contributed by atoms with Gasteiger partial charge in [-0.15, -0.1) is 0 Å². The fraction of sp³-hybridized carbons (Fsp3) is 0.571. The van der Waals surface area contributed by atoms with Gasteiger partial charge in [0.15, 0.2) is 0 Å². The van der Waals surface area contributed by atoms with Crippen molar-refractivity contribution in [3.05, 3.63) is 48.5 Å². The number of unbranched alkanes of at least 4 members (excludes halogenated alkanes) is 4. The predicted octanol–water partition coefficient (Wildman–Crippen LogP) is 8.61. The summed E-state index contributed by atoms with van der Waals surface area (Å²) in [5, 5.41) is 7.53. The molecule has 0 aliphatic rings. The van der Waals surface area contributed by atoms with Gasteiger partial charge in [-0.2, -0.15) is 0 Å². The Morgan fingerprint density at radius 3 is 2.23 bits per heavy atom. The van der Waals surface area contributed by atoms with Crippen molar-refractivity contribution in [3.63, 3.8) is 0 Å². The molecule has 0 heterocycles. The second-order valence-electron chi connectivity index (χ2n) is 9.25. The smallest absolute Gasteiger partial charge is 0.0655 e. The van der Waals surface area contributed by atoms with E-state index in [2.05, 4.69) is 86.9 Å². The Bertz CT molecular complexity index is 693. The van der Waals surface area contributed by atoms with Gasteiger partial charge in [-0.05, 0) is 42.7 Å². The molecule has 2 aromatic rings. The predicted molar refractivity (Wildman–Crippen MR) is 135 cm³/mol. The van der Waals surface area contributed by atoms with Crippen molar-refractivity contribution in [1.29, 1.82) is 0 Å². The topological polar surface area (TPSA) is 24.1 Å². The van der Waals surface area contributed by atoms with Crippen molar-refractivity contribution in [1.82, 2.24) is 0 Å². The maximum absolute atomic E-state index is 3.82. The molecule has 0 fully saturated rings. The Kier molecular flexibility index (Phi) is 11.4.